The lowest BCUT2D eigenvalue weighted by Crippen LogP contribution is -2.13. The Labute approximate surface area is 114 Å². The third-order valence-electron chi connectivity index (χ3n) is 3.56. The van der Waals surface area contributed by atoms with Gasteiger partial charge in [0.05, 0.1) is 14.2 Å². The van der Waals surface area contributed by atoms with Crippen LogP contribution in [0.1, 0.15) is 41.8 Å². The first-order valence-corrected chi connectivity index (χ1v) is 6.38. The van der Waals surface area contributed by atoms with Crippen LogP contribution >= 0.6 is 0 Å². The Kier molecular flexibility index (Phi) is 4.81. The zero-order valence-corrected chi connectivity index (χ0v) is 12.5. The summed E-state index contributed by atoms with van der Waals surface area (Å²) >= 11 is 0. The number of carbonyl (C=O) groups excluding carboxylic acids is 1. The highest BCUT2D eigenvalue weighted by Crippen LogP contribution is 2.43. The SMILES string of the molecule is CC[C@H](C)C(=O)c1c(O)c(C)c(OC)c(C)c1OC. The Bertz CT molecular complexity index is 492. The van der Waals surface area contributed by atoms with Crippen molar-refractivity contribution in [3.05, 3.63) is 16.7 Å². The van der Waals surface area contributed by atoms with E-state index in [0.717, 1.165) is 5.56 Å². The van der Waals surface area contributed by atoms with Gasteiger partial charge >= 0.3 is 0 Å². The maximum Gasteiger partial charge on any atom is 0.173 e. The number of benzene rings is 1. The van der Waals surface area contributed by atoms with E-state index in [9.17, 15) is 9.90 Å². The molecule has 0 aliphatic heterocycles. The molecular weight excluding hydrogens is 244 g/mol. The molecule has 106 valence electrons. The minimum atomic E-state index is -0.160. The maximum atomic E-state index is 12.4. The molecule has 0 bridgehead atoms. The molecule has 0 amide bonds. The van der Waals surface area contributed by atoms with Crippen molar-refractivity contribution in [1.29, 1.82) is 0 Å². The van der Waals surface area contributed by atoms with Gasteiger partial charge < -0.3 is 14.6 Å². The molecule has 0 saturated carbocycles. The van der Waals surface area contributed by atoms with Crippen molar-refractivity contribution in [2.24, 2.45) is 5.92 Å². The summed E-state index contributed by atoms with van der Waals surface area (Å²) in [4.78, 5) is 12.4. The van der Waals surface area contributed by atoms with E-state index < -0.39 is 0 Å². The zero-order chi connectivity index (χ0) is 14.7. The van der Waals surface area contributed by atoms with Gasteiger partial charge in [-0.2, -0.15) is 0 Å². The molecule has 0 aromatic heterocycles. The van der Waals surface area contributed by atoms with Crippen LogP contribution in [-0.2, 0) is 0 Å². The van der Waals surface area contributed by atoms with Gasteiger partial charge in [-0.15, -0.1) is 0 Å². The van der Waals surface area contributed by atoms with Crippen LogP contribution in [0, 0.1) is 19.8 Å². The van der Waals surface area contributed by atoms with E-state index in [2.05, 4.69) is 0 Å². The molecule has 0 heterocycles. The molecule has 0 fully saturated rings. The molecule has 4 nitrogen and oxygen atoms in total. The van der Waals surface area contributed by atoms with Gasteiger partial charge in [0.15, 0.2) is 5.78 Å². The molecule has 1 aromatic rings. The summed E-state index contributed by atoms with van der Waals surface area (Å²) in [5.74, 6) is 0.627. The number of Topliss-reactive ketones (excluding diaryl/α,β-unsaturated/α-hetero) is 1. The standard InChI is InChI=1S/C15H22O4/c1-7-8(2)12(16)11-13(17)9(3)14(18-5)10(4)15(11)19-6/h8,17H,7H2,1-6H3/t8-/m0/s1. The fourth-order valence-corrected chi connectivity index (χ4v) is 2.20. The monoisotopic (exact) mass is 266 g/mol. The molecule has 1 aromatic carbocycles. The van der Waals surface area contributed by atoms with Gasteiger partial charge in [-0.25, -0.2) is 0 Å². The molecule has 0 radical (unpaired) electrons. The summed E-state index contributed by atoms with van der Waals surface area (Å²) < 4.78 is 10.6. The average Bonchev–Trinajstić information content (AvgIpc) is 2.41. The highest BCUT2D eigenvalue weighted by atomic mass is 16.5. The van der Waals surface area contributed by atoms with E-state index in [1.807, 2.05) is 20.8 Å². The minimum absolute atomic E-state index is 0.0513. The largest absolute Gasteiger partial charge is 0.507 e. The molecule has 0 aliphatic rings. The Balaban J connectivity index is 3.60. The Morgan fingerprint density at radius 2 is 1.68 bits per heavy atom. The predicted octanol–water partition coefficient (Wildman–Crippen LogP) is 3.26. The van der Waals surface area contributed by atoms with E-state index in [4.69, 9.17) is 9.47 Å². The van der Waals surface area contributed by atoms with Crippen LogP contribution in [0.3, 0.4) is 0 Å². The first kappa shape index (κ1) is 15.3. The van der Waals surface area contributed by atoms with Crippen LogP contribution in [0.2, 0.25) is 0 Å². The summed E-state index contributed by atoms with van der Waals surface area (Å²) in [6.45, 7) is 7.33. The van der Waals surface area contributed by atoms with Crippen molar-refractivity contribution in [3.8, 4) is 17.2 Å². The first-order valence-electron chi connectivity index (χ1n) is 6.38. The summed E-state index contributed by atoms with van der Waals surface area (Å²) in [5, 5.41) is 10.3. The number of aromatic hydroxyl groups is 1. The van der Waals surface area contributed by atoms with E-state index in [0.29, 0.717) is 23.5 Å². The second kappa shape index (κ2) is 5.95. The quantitative estimate of drug-likeness (QED) is 0.831. The number of ether oxygens (including phenoxy) is 2. The molecular formula is C15H22O4. The number of methoxy groups -OCH3 is 2. The second-order valence-electron chi connectivity index (χ2n) is 4.71. The van der Waals surface area contributed by atoms with E-state index >= 15 is 0 Å². The van der Waals surface area contributed by atoms with Crippen molar-refractivity contribution in [2.75, 3.05) is 14.2 Å². The zero-order valence-electron chi connectivity index (χ0n) is 12.5. The number of phenolic OH excluding ortho intramolecular Hbond substituents is 1. The lowest BCUT2D eigenvalue weighted by atomic mass is 9.92. The lowest BCUT2D eigenvalue weighted by molar-refractivity contribution is 0.0921. The Morgan fingerprint density at radius 1 is 1.16 bits per heavy atom. The minimum Gasteiger partial charge on any atom is -0.507 e. The summed E-state index contributed by atoms with van der Waals surface area (Å²) in [5.41, 5.74) is 1.55. The third-order valence-corrected chi connectivity index (χ3v) is 3.56. The molecule has 1 rings (SSSR count). The molecule has 1 atom stereocenters. The van der Waals surface area contributed by atoms with E-state index in [-0.39, 0.29) is 23.0 Å². The normalized spacial score (nSPS) is 12.1. The highest BCUT2D eigenvalue weighted by molar-refractivity contribution is 6.03. The third kappa shape index (κ3) is 2.53. The molecule has 1 N–H and O–H groups in total. The number of phenols is 1. The number of rotatable bonds is 5. The van der Waals surface area contributed by atoms with Crippen LogP contribution in [0.4, 0.5) is 0 Å². The number of carbonyl (C=O) groups is 1. The van der Waals surface area contributed by atoms with E-state index in [1.54, 1.807) is 6.92 Å². The number of ketones is 1. The van der Waals surface area contributed by atoms with Gasteiger partial charge in [-0.1, -0.05) is 13.8 Å². The smallest absolute Gasteiger partial charge is 0.173 e. The van der Waals surface area contributed by atoms with Crippen LogP contribution in [0.5, 0.6) is 17.2 Å². The summed E-state index contributed by atoms with van der Waals surface area (Å²) in [6.07, 6.45) is 0.714. The summed E-state index contributed by atoms with van der Waals surface area (Å²) in [7, 11) is 3.02. The number of hydrogen-bond acceptors (Lipinski definition) is 4. The Hall–Kier alpha value is -1.71. The van der Waals surface area contributed by atoms with Crippen LogP contribution in [0.15, 0.2) is 0 Å². The predicted molar refractivity (Wildman–Crippen MR) is 74.5 cm³/mol. The molecule has 0 aliphatic carbocycles. The van der Waals surface area contributed by atoms with Crippen molar-refractivity contribution in [3.63, 3.8) is 0 Å². The fraction of sp³-hybridized carbons (Fsp3) is 0.533. The van der Waals surface area contributed by atoms with Gasteiger partial charge in [0, 0.05) is 17.0 Å². The number of hydrogen-bond donors (Lipinski definition) is 1. The average molecular weight is 266 g/mol. The topological polar surface area (TPSA) is 55.8 Å². The lowest BCUT2D eigenvalue weighted by Gasteiger charge is -2.20. The molecule has 0 spiro atoms. The van der Waals surface area contributed by atoms with Crippen LogP contribution in [0.25, 0.3) is 0 Å². The van der Waals surface area contributed by atoms with Gasteiger partial charge in [-0.3, -0.25) is 4.79 Å². The Morgan fingerprint density at radius 3 is 2.11 bits per heavy atom. The maximum absolute atomic E-state index is 12.4. The second-order valence-corrected chi connectivity index (χ2v) is 4.71. The summed E-state index contributed by atoms with van der Waals surface area (Å²) in [6, 6.07) is 0. The van der Waals surface area contributed by atoms with Gasteiger partial charge in [0.1, 0.15) is 22.8 Å². The molecule has 0 unspecified atom stereocenters. The van der Waals surface area contributed by atoms with Crippen LogP contribution < -0.4 is 9.47 Å². The fourth-order valence-electron chi connectivity index (χ4n) is 2.20. The first-order chi connectivity index (χ1) is 8.90. The van der Waals surface area contributed by atoms with Crippen molar-refractivity contribution >= 4 is 5.78 Å². The van der Waals surface area contributed by atoms with Crippen molar-refractivity contribution in [1.82, 2.24) is 0 Å². The van der Waals surface area contributed by atoms with Gasteiger partial charge in [0.25, 0.3) is 0 Å². The van der Waals surface area contributed by atoms with Crippen molar-refractivity contribution < 1.29 is 19.4 Å². The molecule has 19 heavy (non-hydrogen) atoms. The van der Waals surface area contributed by atoms with Crippen molar-refractivity contribution in [2.45, 2.75) is 34.1 Å². The highest BCUT2D eigenvalue weighted by Gasteiger charge is 2.27. The van der Waals surface area contributed by atoms with E-state index in [1.165, 1.54) is 14.2 Å². The van der Waals surface area contributed by atoms with Crippen LogP contribution in [-0.4, -0.2) is 25.1 Å². The van der Waals surface area contributed by atoms with Gasteiger partial charge in [-0.05, 0) is 20.3 Å². The molecule has 4 heteroatoms. The molecule has 0 saturated heterocycles. The van der Waals surface area contributed by atoms with Gasteiger partial charge in [0.2, 0.25) is 0 Å².